The summed E-state index contributed by atoms with van der Waals surface area (Å²) in [5.41, 5.74) is 3.50. The number of amidine groups is 1. The lowest BCUT2D eigenvalue weighted by molar-refractivity contribution is 0.164. The summed E-state index contributed by atoms with van der Waals surface area (Å²) in [7, 11) is 2.21. The standard InChI is InChI=1S/C25H31ClFN3S/c1-29(25-28-24-9-5-4-8-20(24)18-31-25)21-12-15-30(16-13-21)14-6-2-3-7-19-10-11-22(26)23(27)17-19/h4-5,8-11,17,21H,2-3,6-7,12-16,18H2,1H3. The molecule has 0 unspecified atom stereocenters. The number of thioether (sulfide) groups is 1. The highest BCUT2D eigenvalue weighted by Gasteiger charge is 2.26. The van der Waals surface area contributed by atoms with Crippen LogP contribution < -0.4 is 0 Å². The topological polar surface area (TPSA) is 18.8 Å². The highest BCUT2D eigenvalue weighted by molar-refractivity contribution is 8.13. The van der Waals surface area contributed by atoms with Crippen LogP contribution in [-0.4, -0.2) is 47.7 Å². The third-order valence-electron chi connectivity index (χ3n) is 6.39. The maximum Gasteiger partial charge on any atom is 0.164 e. The number of fused-ring (bicyclic) bond motifs is 1. The molecular weight excluding hydrogens is 429 g/mol. The zero-order valence-corrected chi connectivity index (χ0v) is 19.8. The molecule has 4 rings (SSSR count). The third-order valence-corrected chi connectivity index (χ3v) is 7.79. The molecule has 6 heteroatoms. The van der Waals surface area contributed by atoms with E-state index in [-0.39, 0.29) is 10.8 Å². The van der Waals surface area contributed by atoms with Crippen molar-refractivity contribution in [2.24, 2.45) is 4.99 Å². The van der Waals surface area contributed by atoms with Gasteiger partial charge in [0.1, 0.15) is 5.82 Å². The third kappa shape index (κ3) is 6.03. The number of piperidine rings is 1. The fraction of sp³-hybridized carbons (Fsp3) is 0.480. The molecule has 2 aliphatic heterocycles. The zero-order chi connectivity index (χ0) is 21.6. The highest BCUT2D eigenvalue weighted by Crippen LogP contribution is 2.33. The monoisotopic (exact) mass is 459 g/mol. The summed E-state index contributed by atoms with van der Waals surface area (Å²) < 4.78 is 13.5. The van der Waals surface area contributed by atoms with Gasteiger partial charge in [-0.3, -0.25) is 0 Å². The Kier molecular flexibility index (Phi) is 7.91. The van der Waals surface area contributed by atoms with Gasteiger partial charge in [-0.15, -0.1) is 0 Å². The van der Waals surface area contributed by atoms with Gasteiger partial charge in [-0.2, -0.15) is 0 Å². The van der Waals surface area contributed by atoms with Gasteiger partial charge in [0.25, 0.3) is 0 Å². The van der Waals surface area contributed by atoms with Crippen molar-refractivity contribution in [1.82, 2.24) is 9.80 Å². The number of rotatable bonds is 7. The van der Waals surface area contributed by atoms with Crippen molar-refractivity contribution in [3.05, 3.63) is 64.4 Å². The second-order valence-corrected chi connectivity index (χ2v) is 9.90. The van der Waals surface area contributed by atoms with Crippen LogP contribution in [0.15, 0.2) is 47.5 Å². The van der Waals surface area contributed by atoms with Gasteiger partial charge in [0.2, 0.25) is 0 Å². The lowest BCUT2D eigenvalue weighted by Gasteiger charge is -2.38. The van der Waals surface area contributed by atoms with Crippen molar-refractivity contribution in [1.29, 1.82) is 0 Å². The van der Waals surface area contributed by atoms with E-state index < -0.39 is 0 Å². The van der Waals surface area contributed by atoms with E-state index in [0.29, 0.717) is 6.04 Å². The van der Waals surface area contributed by atoms with Gasteiger partial charge in [-0.05, 0) is 68.0 Å². The first-order valence-electron chi connectivity index (χ1n) is 11.3. The van der Waals surface area contributed by atoms with E-state index in [1.54, 1.807) is 12.1 Å². The lowest BCUT2D eigenvalue weighted by atomic mass is 10.0. The van der Waals surface area contributed by atoms with Crippen molar-refractivity contribution >= 4 is 34.2 Å². The molecule has 0 spiro atoms. The van der Waals surface area contributed by atoms with Crippen LogP contribution in [0.5, 0.6) is 0 Å². The second-order valence-electron chi connectivity index (χ2n) is 8.55. The van der Waals surface area contributed by atoms with Gasteiger partial charge in [0.15, 0.2) is 5.17 Å². The van der Waals surface area contributed by atoms with Gasteiger partial charge >= 0.3 is 0 Å². The van der Waals surface area contributed by atoms with E-state index in [1.165, 1.54) is 31.2 Å². The molecule has 3 nitrogen and oxygen atoms in total. The first-order chi connectivity index (χ1) is 15.1. The molecule has 0 aromatic heterocycles. The Morgan fingerprint density at radius 3 is 2.74 bits per heavy atom. The number of halogens is 2. The summed E-state index contributed by atoms with van der Waals surface area (Å²) in [6.07, 6.45) is 6.79. The van der Waals surface area contributed by atoms with Gasteiger partial charge in [0.05, 0.1) is 10.7 Å². The molecule has 0 aliphatic carbocycles. The summed E-state index contributed by atoms with van der Waals surface area (Å²) in [5, 5.41) is 1.37. The molecule has 0 N–H and O–H groups in total. The number of nitrogens with zero attached hydrogens (tertiary/aromatic N) is 3. The van der Waals surface area contributed by atoms with E-state index in [9.17, 15) is 4.39 Å². The molecule has 0 bridgehead atoms. The number of aliphatic imine (C=N–C) groups is 1. The molecular formula is C25H31ClFN3S. The van der Waals surface area contributed by atoms with Crippen LogP contribution in [0.3, 0.4) is 0 Å². The predicted molar refractivity (Wildman–Crippen MR) is 131 cm³/mol. The zero-order valence-electron chi connectivity index (χ0n) is 18.2. The number of para-hydroxylation sites is 1. The molecule has 0 amide bonds. The van der Waals surface area contributed by atoms with Crippen molar-refractivity contribution < 1.29 is 4.39 Å². The van der Waals surface area contributed by atoms with Crippen molar-refractivity contribution in [3.8, 4) is 0 Å². The van der Waals surface area contributed by atoms with Crippen LogP contribution in [0.2, 0.25) is 5.02 Å². The minimum Gasteiger partial charge on any atom is -0.351 e. The van der Waals surface area contributed by atoms with Crippen LogP contribution in [0.25, 0.3) is 0 Å². The molecule has 166 valence electrons. The second kappa shape index (κ2) is 10.8. The van der Waals surface area contributed by atoms with Gasteiger partial charge < -0.3 is 9.80 Å². The minimum atomic E-state index is -0.311. The van der Waals surface area contributed by atoms with E-state index in [0.717, 1.165) is 54.6 Å². The maximum atomic E-state index is 13.5. The SMILES string of the molecule is CN(C1=Nc2ccccc2CS1)C1CCN(CCCCCc2ccc(Cl)c(F)c2)CC1. The summed E-state index contributed by atoms with van der Waals surface area (Å²) in [6.45, 7) is 3.48. The number of hydrogen-bond donors (Lipinski definition) is 0. The Bertz CT molecular complexity index is 911. The fourth-order valence-corrected chi connectivity index (χ4v) is 5.58. The first kappa shape index (κ1) is 22.6. The summed E-state index contributed by atoms with van der Waals surface area (Å²) in [6, 6.07) is 14.2. The highest BCUT2D eigenvalue weighted by atomic mass is 35.5. The summed E-state index contributed by atoms with van der Waals surface area (Å²) in [5.74, 6) is 0.703. The van der Waals surface area contributed by atoms with Crippen LogP contribution in [-0.2, 0) is 12.2 Å². The molecule has 1 fully saturated rings. The number of aryl methyl sites for hydroxylation is 1. The molecule has 0 saturated carbocycles. The molecule has 31 heavy (non-hydrogen) atoms. The number of hydrogen-bond acceptors (Lipinski definition) is 4. The largest absolute Gasteiger partial charge is 0.351 e. The lowest BCUT2D eigenvalue weighted by Crippen LogP contribution is -2.45. The van der Waals surface area contributed by atoms with E-state index in [2.05, 4.69) is 41.1 Å². The molecule has 0 radical (unpaired) electrons. The van der Waals surface area contributed by atoms with Crippen LogP contribution in [0.1, 0.15) is 43.2 Å². The summed E-state index contributed by atoms with van der Waals surface area (Å²) >= 11 is 7.61. The normalized spacial score (nSPS) is 17.3. The smallest absolute Gasteiger partial charge is 0.164 e. The maximum absolute atomic E-state index is 13.5. The van der Waals surface area contributed by atoms with Crippen molar-refractivity contribution in [3.63, 3.8) is 0 Å². The number of unbranched alkanes of at least 4 members (excludes halogenated alkanes) is 2. The summed E-state index contributed by atoms with van der Waals surface area (Å²) in [4.78, 5) is 9.91. The number of likely N-dealkylation sites (tertiary alicyclic amines) is 1. The predicted octanol–water partition coefficient (Wildman–Crippen LogP) is 6.52. The van der Waals surface area contributed by atoms with Crippen LogP contribution >= 0.6 is 23.4 Å². The molecule has 2 aliphatic rings. The minimum absolute atomic E-state index is 0.205. The average Bonchev–Trinajstić information content (AvgIpc) is 2.81. The molecule has 0 atom stereocenters. The molecule has 2 heterocycles. The Hall–Kier alpha value is -1.56. The fourth-order valence-electron chi connectivity index (χ4n) is 4.42. The molecule has 2 aromatic rings. The Balaban J connectivity index is 1.15. The Morgan fingerprint density at radius 2 is 1.94 bits per heavy atom. The Morgan fingerprint density at radius 1 is 1.13 bits per heavy atom. The quantitative estimate of drug-likeness (QED) is 0.439. The van der Waals surface area contributed by atoms with Crippen LogP contribution in [0.4, 0.5) is 10.1 Å². The van der Waals surface area contributed by atoms with Gasteiger partial charge in [-0.1, -0.05) is 54.0 Å². The van der Waals surface area contributed by atoms with E-state index >= 15 is 0 Å². The molecule has 2 aromatic carbocycles. The van der Waals surface area contributed by atoms with Crippen LogP contribution in [0, 0.1) is 5.82 Å². The average molecular weight is 460 g/mol. The van der Waals surface area contributed by atoms with Gasteiger partial charge in [0, 0.05) is 31.9 Å². The van der Waals surface area contributed by atoms with Crippen molar-refractivity contribution in [2.45, 2.75) is 50.3 Å². The molecule has 1 saturated heterocycles. The van der Waals surface area contributed by atoms with Gasteiger partial charge in [-0.25, -0.2) is 9.38 Å². The first-order valence-corrected chi connectivity index (χ1v) is 12.6. The Labute approximate surface area is 194 Å². The number of benzene rings is 2. The van der Waals surface area contributed by atoms with E-state index in [4.69, 9.17) is 16.6 Å². The van der Waals surface area contributed by atoms with E-state index in [1.807, 2.05) is 17.8 Å². The van der Waals surface area contributed by atoms with Crippen molar-refractivity contribution in [2.75, 3.05) is 26.7 Å².